The van der Waals surface area contributed by atoms with Crippen molar-refractivity contribution >= 4 is 35.7 Å². The molecule has 1 aliphatic carbocycles. The molecule has 4 rings (SSSR count). The maximum absolute atomic E-state index is 14.5. The number of hydrogen-bond acceptors (Lipinski definition) is 6. The normalized spacial score (nSPS) is 16.0. The van der Waals surface area contributed by atoms with E-state index in [0.717, 1.165) is 0 Å². The minimum absolute atomic E-state index is 0.0785. The number of anilines is 2. The Labute approximate surface area is 254 Å². The number of rotatable bonds is 8. The SMILES string of the molecule is C=O.CNCc1ccc(C(=O)Nc2ccc(Cl)cc2N2CCN(CCC(F)(F)F)CC2)c(F)c1F.OCC1CCCCC1. The second-order valence-corrected chi connectivity index (χ2v) is 10.9. The number of halogens is 6. The summed E-state index contributed by atoms with van der Waals surface area (Å²) < 4.78 is 66.2. The van der Waals surface area contributed by atoms with Crippen LogP contribution in [0.5, 0.6) is 0 Å². The molecule has 7 nitrogen and oxygen atoms in total. The number of alkyl halides is 3. The average molecular weight is 635 g/mol. The number of aliphatic hydroxyl groups is 1. The fourth-order valence-corrected chi connectivity index (χ4v) is 5.19. The fraction of sp³-hybridized carbons (Fsp3) is 0.533. The smallest absolute Gasteiger partial charge is 0.390 e. The maximum Gasteiger partial charge on any atom is 0.390 e. The van der Waals surface area contributed by atoms with Crippen LogP contribution in [0.1, 0.15) is 54.4 Å². The summed E-state index contributed by atoms with van der Waals surface area (Å²) in [7, 11) is 1.59. The molecule has 0 bridgehead atoms. The summed E-state index contributed by atoms with van der Waals surface area (Å²) >= 11 is 6.12. The van der Waals surface area contributed by atoms with Crippen LogP contribution in [0.2, 0.25) is 5.02 Å². The Bertz CT molecular complexity index is 1160. The van der Waals surface area contributed by atoms with Crippen LogP contribution in [0.3, 0.4) is 0 Å². The Morgan fingerprint density at radius 1 is 1.02 bits per heavy atom. The molecule has 2 fully saturated rings. The summed E-state index contributed by atoms with van der Waals surface area (Å²) in [4.78, 5) is 24.3. The largest absolute Gasteiger partial charge is 0.396 e. The van der Waals surface area contributed by atoms with E-state index in [1.807, 2.05) is 11.7 Å². The lowest BCUT2D eigenvalue weighted by molar-refractivity contribution is -0.138. The Morgan fingerprint density at radius 2 is 1.67 bits per heavy atom. The van der Waals surface area contributed by atoms with Crippen molar-refractivity contribution in [1.29, 1.82) is 0 Å². The van der Waals surface area contributed by atoms with Gasteiger partial charge >= 0.3 is 6.18 Å². The topological polar surface area (TPSA) is 84.9 Å². The van der Waals surface area contributed by atoms with Crippen LogP contribution < -0.4 is 15.5 Å². The third-order valence-corrected chi connectivity index (χ3v) is 7.62. The van der Waals surface area contributed by atoms with Crippen molar-refractivity contribution in [1.82, 2.24) is 10.2 Å². The van der Waals surface area contributed by atoms with E-state index in [4.69, 9.17) is 21.5 Å². The molecule has 1 aliphatic heterocycles. The van der Waals surface area contributed by atoms with E-state index in [-0.39, 0.29) is 18.7 Å². The first-order valence-electron chi connectivity index (χ1n) is 14.2. The minimum Gasteiger partial charge on any atom is -0.396 e. The molecule has 1 heterocycles. The lowest BCUT2D eigenvalue weighted by Gasteiger charge is -2.37. The lowest BCUT2D eigenvalue weighted by Crippen LogP contribution is -2.47. The van der Waals surface area contributed by atoms with Crippen LogP contribution in [0.4, 0.5) is 33.3 Å². The van der Waals surface area contributed by atoms with Gasteiger partial charge in [0, 0.05) is 56.5 Å². The van der Waals surface area contributed by atoms with E-state index < -0.39 is 35.7 Å². The molecule has 2 aromatic carbocycles. The predicted octanol–water partition coefficient (Wildman–Crippen LogP) is 6.04. The van der Waals surface area contributed by atoms with Gasteiger partial charge in [-0.3, -0.25) is 9.69 Å². The summed E-state index contributed by atoms with van der Waals surface area (Å²) in [5.74, 6) is -2.52. The van der Waals surface area contributed by atoms with Gasteiger partial charge in [0.15, 0.2) is 11.6 Å². The lowest BCUT2D eigenvalue weighted by atomic mass is 9.90. The number of carbonyl (C=O) groups excluding carboxylic acids is 2. The molecule has 0 aromatic heterocycles. The second kappa shape index (κ2) is 18.1. The molecule has 2 aliphatic rings. The van der Waals surface area contributed by atoms with Gasteiger partial charge in [0.05, 0.1) is 23.4 Å². The molecular formula is C30H40ClF5N4O3. The van der Waals surface area contributed by atoms with E-state index in [1.54, 1.807) is 30.1 Å². The van der Waals surface area contributed by atoms with Crippen molar-refractivity contribution in [3.63, 3.8) is 0 Å². The van der Waals surface area contributed by atoms with Crippen LogP contribution in [-0.2, 0) is 11.3 Å². The van der Waals surface area contributed by atoms with Crippen molar-refractivity contribution in [3.8, 4) is 0 Å². The number of carbonyl (C=O) groups is 2. The van der Waals surface area contributed by atoms with Gasteiger partial charge in [0.2, 0.25) is 0 Å². The van der Waals surface area contributed by atoms with Gasteiger partial charge < -0.3 is 25.4 Å². The van der Waals surface area contributed by atoms with Crippen molar-refractivity contribution in [2.75, 3.05) is 56.6 Å². The Balaban J connectivity index is 0.000000550. The van der Waals surface area contributed by atoms with Crippen molar-refractivity contribution < 1.29 is 36.6 Å². The van der Waals surface area contributed by atoms with Gasteiger partial charge in [-0.05, 0) is 50.1 Å². The molecule has 0 radical (unpaired) electrons. The van der Waals surface area contributed by atoms with Crippen molar-refractivity contribution in [2.24, 2.45) is 5.92 Å². The molecule has 3 N–H and O–H groups in total. The van der Waals surface area contributed by atoms with Crippen molar-refractivity contribution in [2.45, 2.75) is 51.2 Å². The van der Waals surface area contributed by atoms with Gasteiger partial charge in [-0.2, -0.15) is 13.2 Å². The fourth-order valence-electron chi connectivity index (χ4n) is 5.02. The van der Waals surface area contributed by atoms with Gasteiger partial charge in [-0.25, -0.2) is 8.78 Å². The molecule has 43 heavy (non-hydrogen) atoms. The highest BCUT2D eigenvalue weighted by molar-refractivity contribution is 6.31. The number of nitrogens with one attached hydrogen (secondary N) is 2. The molecule has 1 saturated heterocycles. The number of aliphatic hydroxyl groups excluding tert-OH is 1. The summed E-state index contributed by atoms with van der Waals surface area (Å²) in [6.07, 6.45) is 1.50. The molecule has 13 heteroatoms. The highest BCUT2D eigenvalue weighted by Gasteiger charge is 2.29. The summed E-state index contributed by atoms with van der Waals surface area (Å²) in [6, 6.07) is 7.28. The molecule has 1 saturated carbocycles. The van der Waals surface area contributed by atoms with Crippen LogP contribution in [0.25, 0.3) is 0 Å². The first-order valence-corrected chi connectivity index (χ1v) is 14.6. The highest BCUT2D eigenvalue weighted by Crippen LogP contribution is 2.31. The first kappa shape index (κ1) is 36.4. The Kier molecular flexibility index (Phi) is 15.3. The maximum atomic E-state index is 14.5. The monoisotopic (exact) mass is 634 g/mol. The molecule has 0 unspecified atom stereocenters. The zero-order valence-corrected chi connectivity index (χ0v) is 25.0. The van der Waals surface area contributed by atoms with E-state index in [0.29, 0.717) is 55.1 Å². The van der Waals surface area contributed by atoms with Crippen LogP contribution in [0.15, 0.2) is 30.3 Å². The van der Waals surface area contributed by atoms with E-state index in [1.165, 1.54) is 44.2 Å². The molecular weight excluding hydrogens is 595 g/mol. The van der Waals surface area contributed by atoms with Gasteiger partial charge in [0.1, 0.15) is 6.79 Å². The zero-order valence-electron chi connectivity index (χ0n) is 24.3. The predicted molar refractivity (Wildman–Crippen MR) is 159 cm³/mol. The highest BCUT2D eigenvalue weighted by atomic mass is 35.5. The number of nitrogens with zero attached hydrogens (tertiary/aromatic N) is 2. The minimum atomic E-state index is -4.21. The van der Waals surface area contributed by atoms with E-state index >= 15 is 0 Å². The number of amides is 1. The standard InChI is InChI=1S/C22H24ClF5N4O.C7H14O.CH2O/c1-29-13-14-2-4-16(20(25)19(14)24)21(33)30-17-5-3-15(23)12-18(17)32-10-8-31(9-11-32)7-6-22(26,27)28;8-6-7-4-2-1-3-5-7;1-2/h2-5,12,29H,6-11,13H2,1H3,(H,30,33);7-8H,1-6H2;1H2. The number of piperazine rings is 1. The Hall–Kier alpha value is -2.80. The van der Waals surface area contributed by atoms with Gasteiger partial charge in [-0.1, -0.05) is 36.9 Å². The second-order valence-electron chi connectivity index (χ2n) is 10.4. The third kappa shape index (κ3) is 11.7. The van der Waals surface area contributed by atoms with Crippen LogP contribution in [0, 0.1) is 17.6 Å². The summed E-state index contributed by atoms with van der Waals surface area (Å²) in [6.45, 7) is 4.10. The van der Waals surface area contributed by atoms with E-state index in [2.05, 4.69) is 10.6 Å². The summed E-state index contributed by atoms with van der Waals surface area (Å²) in [5.41, 5.74) is 0.554. The molecule has 2 aromatic rings. The number of benzene rings is 2. The summed E-state index contributed by atoms with van der Waals surface area (Å²) in [5, 5.41) is 14.4. The van der Waals surface area contributed by atoms with Crippen molar-refractivity contribution in [3.05, 3.63) is 58.1 Å². The average Bonchev–Trinajstić information content (AvgIpc) is 3.01. The van der Waals surface area contributed by atoms with Crippen LogP contribution in [-0.4, -0.2) is 75.3 Å². The Morgan fingerprint density at radius 3 is 2.23 bits per heavy atom. The molecule has 0 atom stereocenters. The number of hydrogen-bond donors (Lipinski definition) is 3. The van der Waals surface area contributed by atoms with Crippen LogP contribution >= 0.6 is 11.6 Å². The third-order valence-electron chi connectivity index (χ3n) is 7.39. The molecule has 1 amide bonds. The van der Waals surface area contributed by atoms with Gasteiger partial charge in [-0.15, -0.1) is 0 Å². The zero-order chi connectivity index (χ0) is 32.0. The molecule has 0 spiro atoms. The quantitative estimate of drug-likeness (QED) is 0.307. The van der Waals surface area contributed by atoms with E-state index in [9.17, 15) is 26.7 Å². The first-order chi connectivity index (χ1) is 20.5. The molecule has 240 valence electrons. The van der Waals surface area contributed by atoms with Gasteiger partial charge in [0.25, 0.3) is 5.91 Å².